The van der Waals surface area contributed by atoms with Crippen molar-refractivity contribution in [1.29, 1.82) is 0 Å². The molecule has 2 N–H and O–H groups in total. The van der Waals surface area contributed by atoms with Crippen LogP contribution in [0.3, 0.4) is 0 Å². The zero-order valence-corrected chi connectivity index (χ0v) is 27.6. The summed E-state index contributed by atoms with van der Waals surface area (Å²) in [6, 6.07) is 19.0. The number of ketones is 2. The van der Waals surface area contributed by atoms with E-state index in [0.29, 0.717) is 97.4 Å². The maximum absolute atomic E-state index is 13.5. The van der Waals surface area contributed by atoms with Gasteiger partial charge in [-0.2, -0.15) is 0 Å². The van der Waals surface area contributed by atoms with Gasteiger partial charge in [0.25, 0.3) is 0 Å². The number of ether oxygens (including phenoxy) is 4. The minimum atomic E-state index is 0.0884. The molecule has 3 saturated heterocycles. The van der Waals surface area contributed by atoms with Crippen molar-refractivity contribution in [3.63, 3.8) is 0 Å². The maximum atomic E-state index is 13.5. The fraction of sp³-hybridized carbons (Fsp3) is 0.595. The van der Waals surface area contributed by atoms with E-state index in [-0.39, 0.29) is 42.1 Å². The lowest BCUT2D eigenvalue weighted by molar-refractivity contribution is -0.140. The summed E-state index contributed by atoms with van der Waals surface area (Å²) in [6.07, 6.45) is 4.73. The zero-order valence-electron chi connectivity index (χ0n) is 27.6. The highest BCUT2D eigenvalue weighted by atomic mass is 16.5. The summed E-state index contributed by atoms with van der Waals surface area (Å²) < 4.78 is 22.6. The first-order chi connectivity index (χ1) is 23.0. The van der Waals surface area contributed by atoms with Crippen LogP contribution in [0.1, 0.15) is 62.0 Å². The molecule has 0 bridgehead atoms. The molecule has 0 unspecified atom stereocenters. The van der Waals surface area contributed by atoms with Crippen LogP contribution >= 0.6 is 0 Å². The zero-order chi connectivity index (χ0) is 32.8. The highest BCUT2D eigenvalue weighted by Crippen LogP contribution is 2.39. The average molecular weight is 650 g/mol. The molecular weight excluding hydrogens is 598 g/mol. The fourth-order valence-electron chi connectivity index (χ4n) is 7.15. The molecule has 2 amide bonds. The third kappa shape index (κ3) is 10.3. The number of Topliss-reactive ketones (excluding diaryl/α,β-unsaturated/α-hetero) is 2. The molecule has 3 heterocycles. The number of carbonyl (C=O) groups excluding carboxylic acids is 3. The van der Waals surface area contributed by atoms with Crippen LogP contribution in [0.5, 0.6) is 5.75 Å². The summed E-state index contributed by atoms with van der Waals surface area (Å²) in [5.74, 6) is 1.77. The van der Waals surface area contributed by atoms with Gasteiger partial charge in [-0.15, -0.1) is 0 Å². The van der Waals surface area contributed by atoms with E-state index in [2.05, 4.69) is 36.4 Å². The minimum Gasteiger partial charge on any atom is -0.494 e. The Bertz CT molecular complexity index is 1280. The van der Waals surface area contributed by atoms with Crippen molar-refractivity contribution in [2.45, 2.75) is 57.0 Å². The number of nitrogens with zero attached hydrogens (tertiary/aromatic N) is 2. The maximum Gasteiger partial charge on any atom is 0.320 e. The molecule has 0 radical (unpaired) electrons. The molecule has 3 atom stereocenters. The molecule has 3 fully saturated rings. The molecule has 0 aliphatic carbocycles. The predicted molar refractivity (Wildman–Crippen MR) is 179 cm³/mol. The summed E-state index contributed by atoms with van der Waals surface area (Å²) in [5.41, 5.74) is 7.85. The molecule has 10 heteroatoms. The number of piperidine rings is 2. The smallest absolute Gasteiger partial charge is 0.320 e. The lowest BCUT2D eigenvalue weighted by Gasteiger charge is -2.43. The number of amides is 2. The van der Waals surface area contributed by atoms with Crippen LogP contribution in [0, 0.1) is 11.8 Å². The van der Waals surface area contributed by atoms with Gasteiger partial charge < -0.3 is 34.5 Å². The van der Waals surface area contributed by atoms with Crippen LogP contribution in [0.25, 0.3) is 0 Å². The number of fused-ring (bicyclic) bond motifs is 1. The van der Waals surface area contributed by atoms with Crippen molar-refractivity contribution in [2.75, 3.05) is 72.4 Å². The summed E-state index contributed by atoms with van der Waals surface area (Å²) in [4.78, 5) is 41.7. The molecule has 47 heavy (non-hydrogen) atoms. The number of rotatable bonds is 16. The SMILES string of the molecule is NCCOCCOCCC(=O)CCCOc1cccc([C@@H](c2ccccc2)C2CCN(C(=O)N3CC[C@@H]4OCC(=O)C[C@@H]4C3)CC2)c1. The Morgan fingerprint density at radius 1 is 0.851 bits per heavy atom. The van der Waals surface area contributed by atoms with Crippen molar-refractivity contribution < 1.29 is 33.3 Å². The quantitative estimate of drug-likeness (QED) is 0.265. The van der Waals surface area contributed by atoms with Gasteiger partial charge in [0.15, 0.2) is 5.78 Å². The van der Waals surface area contributed by atoms with E-state index in [9.17, 15) is 14.4 Å². The fourth-order valence-corrected chi connectivity index (χ4v) is 7.15. The van der Waals surface area contributed by atoms with Crippen LogP contribution in [0.4, 0.5) is 4.79 Å². The lowest BCUT2D eigenvalue weighted by Crippen LogP contribution is -2.54. The first kappa shape index (κ1) is 35.0. The second-order valence-corrected chi connectivity index (χ2v) is 12.9. The van der Waals surface area contributed by atoms with E-state index in [1.165, 1.54) is 11.1 Å². The molecule has 2 aromatic rings. The molecule has 5 rings (SSSR count). The van der Waals surface area contributed by atoms with Gasteiger partial charge in [-0.05, 0) is 54.9 Å². The van der Waals surface area contributed by atoms with E-state index in [4.69, 9.17) is 24.7 Å². The normalized spacial score (nSPS) is 20.9. The summed E-state index contributed by atoms with van der Waals surface area (Å²) >= 11 is 0. The lowest BCUT2D eigenvalue weighted by atomic mass is 9.76. The number of hydrogen-bond acceptors (Lipinski definition) is 8. The van der Waals surface area contributed by atoms with Crippen LogP contribution < -0.4 is 10.5 Å². The highest BCUT2D eigenvalue weighted by molar-refractivity contribution is 5.81. The molecule has 0 saturated carbocycles. The van der Waals surface area contributed by atoms with Gasteiger partial charge in [0.1, 0.15) is 18.1 Å². The second-order valence-electron chi connectivity index (χ2n) is 12.9. The summed E-state index contributed by atoms with van der Waals surface area (Å²) in [5, 5.41) is 0. The molecule has 0 aromatic heterocycles. The third-order valence-corrected chi connectivity index (χ3v) is 9.57. The summed E-state index contributed by atoms with van der Waals surface area (Å²) in [6.45, 7) is 5.75. The van der Waals surface area contributed by atoms with Gasteiger partial charge in [-0.1, -0.05) is 42.5 Å². The molecule has 2 aromatic carbocycles. The molecule has 3 aliphatic rings. The monoisotopic (exact) mass is 649 g/mol. The van der Waals surface area contributed by atoms with E-state index < -0.39 is 0 Å². The average Bonchev–Trinajstić information content (AvgIpc) is 3.10. The minimum absolute atomic E-state index is 0.0884. The Hall–Kier alpha value is -3.31. The molecule has 3 aliphatic heterocycles. The van der Waals surface area contributed by atoms with Gasteiger partial charge in [0.2, 0.25) is 0 Å². The standard InChI is InChI=1S/C37H51N3O7/c38-15-21-45-23-22-44-20-14-32(41)9-5-19-46-34-10-4-8-30(25-34)36(28-6-2-1-3-7-28)29-11-16-39(17-12-29)37(43)40-18-13-35-31(26-40)24-33(42)27-47-35/h1-4,6-8,10,25,29,31,35-36H,5,9,11-24,26-27,38H2/t31-,35+,36+/m1/s1. The Balaban J connectivity index is 1.11. The van der Waals surface area contributed by atoms with Crippen molar-refractivity contribution in [3.05, 3.63) is 65.7 Å². The van der Waals surface area contributed by atoms with E-state index in [1.807, 2.05) is 28.0 Å². The largest absolute Gasteiger partial charge is 0.494 e. The van der Waals surface area contributed by atoms with Gasteiger partial charge in [0.05, 0.1) is 39.1 Å². The number of carbonyl (C=O) groups is 3. The van der Waals surface area contributed by atoms with Crippen molar-refractivity contribution >= 4 is 17.6 Å². The third-order valence-electron chi connectivity index (χ3n) is 9.57. The number of benzene rings is 2. The van der Waals surface area contributed by atoms with Crippen molar-refractivity contribution in [1.82, 2.24) is 9.80 Å². The van der Waals surface area contributed by atoms with E-state index >= 15 is 0 Å². The Labute approximate surface area is 278 Å². The topological polar surface area (TPSA) is 121 Å². The molecule has 0 spiro atoms. The van der Waals surface area contributed by atoms with Gasteiger partial charge in [-0.25, -0.2) is 4.79 Å². The van der Waals surface area contributed by atoms with Gasteiger partial charge >= 0.3 is 6.03 Å². The second kappa shape index (κ2) is 18.3. The first-order valence-corrected chi connectivity index (χ1v) is 17.3. The van der Waals surface area contributed by atoms with Crippen LogP contribution in [0.2, 0.25) is 0 Å². The van der Waals surface area contributed by atoms with E-state index in [0.717, 1.165) is 25.0 Å². The molecule has 256 valence electrons. The number of nitrogens with two attached hydrogens (primary N) is 1. The van der Waals surface area contributed by atoms with Crippen molar-refractivity contribution in [2.24, 2.45) is 17.6 Å². The number of urea groups is 1. The Morgan fingerprint density at radius 3 is 2.38 bits per heavy atom. The van der Waals surface area contributed by atoms with Crippen LogP contribution in [-0.2, 0) is 23.8 Å². The highest BCUT2D eigenvalue weighted by Gasteiger charge is 2.39. The van der Waals surface area contributed by atoms with Crippen LogP contribution in [0.15, 0.2) is 54.6 Å². The number of likely N-dealkylation sites (tertiary alicyclic amines) is 2. The molecule has 10 nitrogen and oxygen atoms in total. The predicted octanol–water partition coefficient (Wildman–Crippen LogP) is 4.44. The van der Waals surface area contributed by atoms with Gasteiger partial charge in [-0.3, -0.25) is 9.59 Å². The van der Waals surface area contributed by atoms with Crippen LogP contribution in [-0.4, -0.2) is 106 Å². The van der Waals surface area contributed by atoms with Crippen molar-refractivity contribution in [3.8, 4) is 5.75 Å². The summed E-state index contributed by atoms with van der Waals surface area (Å²) in [7, 11) is 0. The Kier molecular flexibility index (Phi) is 13.6. The molecular formula is C37H51N3O7. The number of hydrogen-bond donors (Lipinski definition) is 1. The first-order valence-electron chi connectivity index (χ1n) is 17.3. The van der Waals surface area contributed by atoms with Gasteiger partial charge in [0, 0.05) is 63.8 Å². The Morgan fingerprint density at radius 2 is 1.60 bits per heavy atom. The van der Waals surface area contributed by atoms with E-state index in [1.54, 1.807) is 0 Å².